The molecule has 0 bridgehead atoms. The summed E-state index contributed by atoms with van der Waals surface area (Å²) in [4.78, 5) is 10.9. The Balaban J connectivity index is 1.88. The Morgan fingerprint density at radius 3 is 2.81 bits per heavy atom. The van der Waals surface area contributed by atoms with Crippen molar-refractivity contribution in [3.05, 3.63) is 71.4 Å². The largest absolute Gasteiger partial charge is 0.476 e. The van der Waals surface area contributed by atoms with Crippen molar-refractivity contribution in [2.24, 2.45) is 11.6 Å². The van der Waals surface area contributed by atoms with E-state index in [9.17, 15) is 4.79 Å². The van der Waals surface area contributed by atoms with E-state index in [0.717, 1.165) is 16.5 Å². The number of para-hydroxylation sites is 1. The second kappa shape index (κ2) is 7.29. The highest BCUT2D eigenvalue weighted by Gasteiger charge is 2.12. The SMILES string of the molecule is NN/C(Oc1cccc(C#Cc2cccc3cn[nH]c23)c1)=C(\N)C(=O)O. The highest BCUT2D eigenvalue weighted by Crippen LogP contribution is 2.17. The fraction of sp³-hybridized carbons (Fsp3) is 0. The second-order valence-electron chi connectivity index (χ2n) is 5.21. The van der Waals surface area contributed by atoms with Crippen LogP contribution in [-0.2, 0) is 4.79 Å². The van der Waals surface area contributed by atoms with E-state index in [2.05, 4.69) is 27.5 Å². The van der Waals surface area contributed by atoms with Crippen LogP contribution in [0.15, 0.2) is 60.2 Å². The summed E-state index contributed by atoms with van der Waals surface area (Å²) in [6, 6.07) is 12.5. The molecule has 0 unspecified atom stereocenters. The maximum absolute atomic E-state index is 10.9. The number of H-pyrrole nitrogens is 1. The van der Waals surface area contributed by atoms with Crippen LogP contribution in [0.1, 0.15) is 11.1 Å². The smallest absolute Gasteiger partial charge is 0.357 e. The summed E-state index contributed by atoms with van der Waals surface area (Å²) in [6.07, 6.45) is 1.73. The van der Waals surface area contributed by atoms with E-state index in [1.165, 1.54) is 0 Å². The molecule has 26 heavy (non-hydrogen) atoms. The number of aromatic nitrogens is 2. The van der Waals surface area contributed by atoms with Crippen molar-refractivity contribution in [3.63, 3.8) is 0 Å². The molecule has 3 rings (SSSR count). The van der Waals surface area contributed by atoms with Crippen LogP contribution in [0, 0.1) is 11.8 Å². The molecule has 0 aliphatic heterocycles. The zero-order chi connectivity index (χ0) is 18.5. The summed E-state index contributed by atoms with van der Waals surface area (Å²) in [7, 11) is 0. The van der Waals surface area contributed by atoms with Gasteiger partial charge in [0.25, 0.3) is 0 Å². The maximum atomic E-state index is 10.9. The summed E-state index contributed by atoms with van der Waals surface area (Å²) in [5, 5.41) is 16.8. The number of benzene rings is 2. The predicted octanol–water partition coefficient (Wildman–Crippen LogP) is 1.02. The number of hydrogen-bond donors (Lipinski definition) is 5. The standard InChI is InChI=1S/C18H15N5O3/c19-15(18(24)25)17(22-20)26-14-6-1-3-11(9-14)7-8-12-4-2-5-13-10-21-23-16(12)13/h1-6,9-10,22H,19-20H2,(H,21,23)(H,24,25)/b17-15+. The van der Waals surface area contributed by atoms with Gasteiger partial charge in [-0.15, -0.1) is 0 Å². The Morgan fingerprint density at radius 1 is 1.23 bits per heavy atom. The van der Waals surface area contributed by atoms with Gasteiger partial charge in [-0.3, -0.25) is 10.5 Å². The van der Waals surface area contributed by atoms with Crippen molar-refractivity contribution in [1.29, 1.82) is 0 Å². The van der Waals surface area contributed by atoms with E-state index in [0.29, 0.717) is 11.3 Å². The number of nitrogens with two attached hydrogens (primary N) is 2. The predicted molar refractivity (Wildman–Crippen MR) is 95.3 cm³/mol. The Kier molecular flexibility index (Phi) is 4.74. The first-order valence-electron chi connectivity index (χ1n) is 7.50. The van der Waals surface area contributed by atoms with Gasteiger partial charge in [0.2, 0.25) is 5.88 Å². The molecule has 0 saturated carbocycles. The topological polar surface area (TPSA) is 139 Å². The summed E-state index contributed by atoms with van der Waals surface area (Å²) < 4.78 is 5.39. The Labute approximate surface area is 148 Å². The average Bonchev–Trinajstić information content (AvgIpc) is 3.13. The molecule has 0 spiro atoms. The highest BCUT2D eigenvalue weighted by molar-refractivity contribution is 5.86. The summed E-state index contributed by atoms with van der Waals surface area (Å²) in [6.45, 7) is 0. The molecule has 1 aromatic heterocycles. The molecule has 8 heteroatoms. The monoisotopic (exact) mass is 349 g/mol. The van der Waals surface area contributed by atoms with Crippen LogP contribution in [0.5, 0.6) is 5.75 Å². The lowest BCUT2D eigenvalue weighted by molar-refractivity contribution is -0.132. The van der Waals surface area contributed by atoms with Crippen molar-refractivity contribution in [3.8, 4) is 17.6 Å². The average molecular weight is 349 g/mol. The minimum absolute atomic E-state index is 0.259. The number of aliphatic carboxylic acids is 1. The van der Waals surface area contributed by atoms with Crippen LogP contribution in [0.3, 0.4) is 0 Å². The molecule has 0 saturated heterocycles. The van der Waals surface area contributed by atoms with Crippen molar-refractivity contribution in [2.45, 2.75) is 0 Å². The number of carboxylic acid groups (broad SMARTS) is 1. The van der Waals surface area contributed by atoms with Gasteiger partial charge in [-0.05, 0) is 24.3 Å². The van der Waals surface area contributed by atoms with E-state index in [1.54, 1.807) is 30.5 Å². The quantitative estimate of drug-likeness (QED) is 0.156. The molecule has 0 aliphatic carbocycles. The van der Waals surface area contributed by atoms with Gasteiger partial charge in [0, 0.05) is 10.9 Å². The first-order valence-corrected chi connectivity index (χ1v) is 7.50. The number of fused-ring (bicyclic) bond motifs is 1. The zero-order valence-electron chi connectivity index (χ0n) is 13.5. The van der Waals surface area contributed by atoms with Crippen molar-refractivity contribution in [1.82, 2.24) is 15.6 Å². The molecule has 0 amide bonds. The van der Waals surface area contributed by atoms with Gasteiger partial charge in [0.1, 0.15) is 5.75 Å². The van der Waals surface area contributed by atoms with Gasteiger partial charge in [-0.1, -0.05) is 30.0 Å². The van der Waals surface area contributed by atoms with Gasteiger partial charge >= 0.3 is 5.97 Å². The number of hydrazine groups is 1. The first kappa shape index (κ1) is 16.9. The summed E-state index contributed by atoms with van der Waals surface area (Å²) >= 11 is 0. The number of aromatic amines is 1. The van der Waals surface area contributed by atoms with Crippen LogP contribution in [0.25, 0.3) is 10.9 Å². The lowest BCUT2D eigenvalue weighted by Crippen LogP contribution is -2.31. The molecule has 130 valence electrons. The molecular formula is C18H15N5O3. The number of nitrogens with zero attached hydrogens (tertiary/aromatic N) is 1. The van der Waals surface area contributed by atoms with Crippen molar-refractivity contribution in [2.75, 3.05) is 0 Å². The van der Waals surface area contributed by atoms with E-state index >= 15 is 0 Å². The second-order valence-corrected chi connectivity index (χ2v) is 5.21. The molecule has 3 aromatic rings. The van der Waals surface area contributed by atoms with Crippen molar-refractivity contribution >= 4 is 16.9 Å². The Bertz CT molecular complexity index is 1060. The maximum Gasteiger partial charge on any atom is 0.357 e. The molecule has 2 aromatic carbocycles. The lowest BCUT2D eigenvalue weighted by Gasteiger charge is -2.10. The zero-order valence-corrected chi connectivity index (χ0v) is 13.5. The Hall–Kier alpha value is -3.96. The van der Waals surface area contributed by atoms with Gasteiger partial charge in [0.15, 0.2) is 5.70 Å². The molecule has 7 N–H and O–H groups in total. The molecule has 0 aliphatic rings. The normalized spacial score (nSPS) is 11.3. The van der Waals surface area contributed by atoms with Crippen LogP contribution in [0.2, 0.25) is 0 Å². The molecule has 0 atom stereocenters. The van der Waals surface area contributed by atoms with E-state index in [1.807, 2.05) is 18.2 Å². The van der Waals surface area contributed by atoms with Gasteiger partial charge < -0.3 is 15.6 Å². The number of carboxylic acids is 1. The number of carbonyl (C=O) groups is 1. The van der Waals surface area contributed by atoms with Crippen LogP contribution in [-0.4, -0.2) is 21.3 Å². The summed E-state index contributed by atoms with van der Waals surface area (Å²) in [5.74, 6) is 10.1. The minimum atomic E-state index is -1.35. The summed E-state index contributed by atoms with van der Waals surface area (Å²) in [5.41, 5.74) is 9.35. The van der Waals surface area contributed by atoms with Crippen LogP contribution in [0.4, 0.5) is 0 Å². The fourth-order valence-electron chi connectivity index (χ4n) is 2.23. The molecular weight excluding hydrogens is 334 g/mol. The van der Waals surface area contributed by atoms with Crippen LogP contribution >= 0.6 is 0 Å². The first-order chi connectivity index (χ1) is 12.6. The Morgan fingerprint density at radius 2 is 2.04 bits per heavy atom. The fourth-order valence-corrected chi connectivity index (χ4v) is 2.23. The van der Waals surface area contributed by atoms with Gasteiger partial charge in [-0.2, -0.15) is 5.10 Å². The van der Waals surface area contributed by atoms with E-state index < -0.39 is 11.7 Å². The molecule has 8 nitrogen and oxygen atoms in total. The molecule has 0 fully saturated rings. The third kappa shape index (κ3) is 3.58. The van der Waals surface area contributed by atoms with E-state index in [4.69, 9.17) is 21.4 Å². The van der Waals surface area contributed by atoms with Gasteiger partial charge in [-0.25, -0.2) is 10.6 Å². The number of rotatable bonds is 4. The number of nitrogens with one attached hydrogen (secondary N) is 2. The van der Waals surface area contributed by atoms with Crippen LogP contribution < -0.4 is 21.7 Å². The van der Waals surface area contributed by atoms with Gasteiger partial charge in [0.05, 0.1) is 17.3 Å². The van der Waals surface area contributed by atoms with Crippen molar-refractivity contribution < 1.29 is 14.6 Å². The lowest BCUT2D eigenvalue weighted by atomic mass is 10.1. The minimum Gasteiger partial charge on any atom is -0.476 e. The highest BCUT2D eigenvalue weighted by atomic mass is 16.5. The molecule has 0 radical (unpaired) electrons. The number of ether oxygens (including phenoxy) is 1. The third-order valence-corrected chi connectivity index (χ3v) is 3.48. The van der Waals surface area contributed by atoms with E-state index in [-0.39, 0.29) is 5.88 Å². The third-order valence-electron chi connectivity index (χ3n) is 3.48. The molecule has 1 heterocycles. The number of hydrogen-bond acceptors (Lipinski definition) is 6.